The van der Waals surface area contributed by atoms with Crippen LogP contribution in [-0.2, 0) is 26.0 Å². The third-order valence-corrected chi connectivity index (χ3v) is 7.21. The van der Waals surface area contributed by atoms with Gasteiger partial charge in [0.05, 0.1) is 4.90 Å². The molecule has 2 aliphatic heterocycles. The Labute approximate surface area is 185 Å². The lowest BCUT2D eigenvalue weighted by molar-refractivity contribution is -0.119. The van der Waals surface area contributed by atoms with E-state index in [1.165, 1.54) is 6.07 Å². The minimum Gasteiger partial charge on any atom is -0.454 e. The van der Waals surface area contributed by atoms with Gasteiger partial charge in [0.2, 0.25) is 28.6 Å². The van der Waals surface area contributed by atoms with Gasteiger partial charge in [-0.1, -0.05) is 0 Å². The van der Waals surface area contributed by atoms with E-state index in [-0.39, 0.29) is 42.4 Å². The number of carbonyl (C=O) groups excluding carboxylic acids is 2. The fourth-order valence-corrected chi connectivity index (χ4v) is 4.99. The number of rotatable bonds is 7. The molecule has 2 aromatic rings. The van der Waals surface area contributed by atoms with Crippen molar-refractivity contribution >= 4 is 33.2 Å². The van der Waals surface area contributed by atoms with Gasteiger partial charge in [-0.15, -0.1) is 0 Å². The molecule has 168 valence electrons. The smallest absolute Gasteiger partial charge is 0.240 e. The Balaban J connectivity index is 1.17. The van der Waals surface area contributed by atoms with Crippen LogP contribution in [0.4, 0.5) is 11.4 Å². The van der Waals surface area contributed by atoms with E-state index in [2.05, 4.69) is 10.0 Å². The SMILES string of the molecule is O=C(CCNS(=O)(=O)c1ccc2c(c1)CCN2C(=O)C1CC1)Nc1ccc2c(c1)OCO2. The molecule has 2 heterocycles. The molecule has 32 heavy (non-hydrogen) atoms. The highest BCUT2D eigenvalue weighted by atomic mass is 32.2. The standard InChI is InChI=1S/C22H23N3O6S/c26-21(24-16-3-6-19-20(12-16)31-13-30-19)7-9-23-32(28,29)17-4-5-18-15(11-17)8-10-25(18)22(27)14-1-2-14/h3-6,11-12,14,23H,1-2,7-10,13H2,(H,24,26). The lowest BCUT2D eigenvalue weighted by Crippen LogP contribution is -2.30. The normalized spacial score (nSPS) is 16.7. The summed E-state index contributed by atoms with van der Waals surface area (Å²) in [7, 11) is -3.77. The van der Waals surface area contributed by atoms with Gasteiger partial charge >= 0.3 is 0 Å². The Hall–Kier alpha value is -3.11. The lowest BCUT2D eigenvalue weighted by Gasteiger charge is -2.17. The number of amides is 2. The summed E-state index contributed by atoms with van der Waals surface area (Å²) in [6.45, 7) is 0.690. The van der Waals surface area contributed by atoms with Gasteiger partial charge in [-0.25, -0.2) is 13.1 Å². The third-order valence-electron chi connectivity index (χ3n) is 5.75. The largest absolute Gasteiger partial charge is 0.454 e. The van der Waals surface area contributed by atoms with Gasteiger partial charge in [0.1, 0.15) is 0 Å². The molecule has 1 aliphatic carbocycles. The van der Waals surface area contributed by atoms with E-state index in [4.69, 9.17) is 9.47 Å². The van der Waals surface area contributed by atoms with Gasteiger partial charge < -0.3 is 19.7 Å². The molecule has 10 heteroatoms. The van der Waals surface area contributed by atoms with Crippen LogP contribution in [-0.4, -0.2) is 40.1 Å². The molecule has 2 amide bonds. The van der Waals surface area contributed by atoms with Gasteiger partial charge in [0, 0.05) is 42.9 Å². The molecule has 5 rings (SSSR count). The quantitative estimate of drug-likeness (QED) is 0.658. The van der Waals surface area contributed by atoms with Gasteiger partial charge in [-0.05, 0) is 55.2 Å². The van der Waals surface area contributed by atoms with E-state index < -0.39 is 10.0 Å². The van der Waals surface area contributed by atoms with Crippen molar-refractivity contribution in [1.82, 2.24) is 4.72 Å². The second-order valence-corrected chi connectivity index (χ2v) is 9.84. The summed E-state index contributed by atoms with van der Waals surface area (Å²) in [5.41, 5.74) is 2.19. The monoisotopic (exact) mass is 457 g/mol. The van der Waals surface area contributed by atoms with Crippen LogP contribution >= 0.6 is 0 Å². The fourth-order valence-electron chi connectivity index (χ4n) is 3.90. The van der Waals surface area contributed by atoms with Crippen molar-refractivity contribution in [1.29, 1.82) is 0 Å². The van der Waals surface area contributed by atoms with E-state index in [9.17, 15) is 18.0 Å². The van der Waals surface area contributed by atoms with E-state index in [0.717, 1.165) is 24.1 Å². The predicted molar refractivity (Wildman–Crippen MR) is 116 cm³/mol. The second kappa shape index (κ2) is 8.10. The molecule has 2 aromatic carbocycles. The van der Waals surface area contributed by atoms with Gasteiger partial charge in [0.25, 0.3) is 0 Å². The first kappa shape index (κ1) is 20.8. The van der Waals surface area contributed by atoms with E-state index in [1.807, 2.05) is 0 Å². The minimum atomic E-state index is -3.77. The van der Waals surface area contributed by atoms with Crippen LogP contribution in [0.15, 0.2) is 41.3 Å². The molecule has 0 aromatic heterocycles. The molecule has 9 nitrogen and oxygen atoms in total. The molecule has 0 saturated heterocycles. The number of carbonyl (C=O) groups is 2. The number of benzene rings is 2. The lowest BCUT2D eigenvalue weighted by atomic mass is 10.2. The van der Waals surface area contributed by atoms with Crippen LogP contribution in [0.2, 0.25) is 0 Å². The topological polar surface area (TPSA) is 114 Å². The Morgan fingerprint density at radius 3 is 2.69 bits per heavy atom. The van der Waals surface area contributed by atoms with Crippen molar-refractivity contribution < 1.29 is 27.5 Å². The molecule has 2 N–H and O–H groups in total. The Morgan fingerprint density at radius 2 is 1.88 bits per heavy atom. The van der Waals surface area contributed by atoms with E-state index in [1.54, 1.807) is 35.2 Å². The Morgan fingerprint density at radius 1 is 1.06 bits per heavy atom. The summed E-state index contributed by atoms with van der Waals surface area (Å²) < 4.78 is 38.3. The molecule has 3 aliphatic rings. The average Bonchev–Trinajstić information content (AvgIpc) is 3.36. The van der Waals surface area contributed by atoms with Crippen molar-refractivity contribution in [2.45, 2.75) is 30.6 Å². The number of sulfonamides is 1. The van der Waals surface area contributed by atoms with E-state index >= 15 is 0 Å². The number of hydrogen-bond acceptors (Lipinski definition) is 6. The number of fused-ring (bicyclic) bond motifs is 2. The van der Waals surface area contributed by atoms with Gasteiger partial charge in [0.15, 0.2) is 11.5 Å². The maximum atomic E-state index is 12.7. The zero-order valence-corrected chi connectivity index (χ0v) is 18.1. The zero-order chi connectivity index (χ0) is 22.3. The Bertz CT molecular complexity index is 1190. The van der Waals surface area contributed by atoms with Crippen LogP contribution < -0.4 is 24.4 Å². The first-order chi connectivity index (χ1) is 15.4. The minimum absolute atomic E-state index is 0.0255. The van der Waals surface area contributed by atoms with E-state index in [0.29, 0.717) is 30.2 Å². The maximum Gasteiger partial charge on any atom is 0.240 e. The summed E-state index contributed by atoms with van der Waals surface area (Å²) in [5.74, 6) is 1.10. The van der Waals surface area contributed by atoms with Gasteiger partial charge in [-0.3, -0.25) is 9.59 Å². The summed E-state index contributed by atoms with van der Waals surface area (Å²) in [5, 5.41) is 2.71. The third kappa shape index (κ3) is 4.15. The molecular formula is C22H23N3O6S. The second-order valence-electron chi connectivity index (χ2n) is 8.07. The number of hydrogen-bond donors (Lipinski definition) is 2. The number of ether oxygens (including phenoxy) is 2. The summed E-state index contributed by atoms with van der Waals surface area (Å²) >= 11 is 0. The fraction of sp³-hybridized carbons (Fsp3) is 0.364. The molecule has 0 unspecified atom stereocenters. The molecule has 1 saturated carbocycles. The number of nitrogens with one attached hydrogen (secondary N) is 2. The van der Waals surface area contributed by atoms with Crippen molar-refractivity contribution in [3.63, 3.8) is 0 Å². The average molecular weight is 458 g/mol. The molecule has 0 bridgehead atoms. The van der Waals surface area contributed by atoms with Crippen molar-refractivity contribution in [3.05, 3.63) is 42.0 Å². The van der Waals surface area contributed by atoms with Crippen LogP contribution in [0.25, 0.3) is 0 Å². The molecular weight excluding hydrogens is 434 g/mol. The molecule has 0 atom stereocenters. The molecule has 0 radical (unpaired) electrons. The highest BCUT2D eigenvalue weighted by Crippen LogP contribution is 2.37. The summed E-state index contributed by atoms with van der Waals surface area (Å²) in [6, 6.07) is 9.87. The van der Waals surface area contributed by atoms with Crippen LogP contribution in [0.1, 0.15) is 24.8 Å². The highest BCUT2D eigenvalue weighted by molar-refractivity contribution is 7.89. The summed E-state index contributed by atoms with van der Waals surface area (Å²) in [4.78, 5) is 26.5. The van der Waals surface area contributed by atoms with Crippen LogP contribution in [0, 0.1) is 5.92 Å². The highest BCUT2D eigenvalue weighted by Gasteiger charge is 2.36. The maximum absolute atomic E-state index is 12.7. The number of nitrogens with zero attached hydrogens (tertiary/aromatic N) is 1. The zero-order valence-electron chi connectivity index (χ0n) is 17.3. The first-order valence-corrected chi connectivity index (χ1v) is 12.0. The van der Waals surface area contributed by atoms with Crippen molar-refractivity contribution in [2.24, 2.45) is 5.92 Å². The van der Waals surface area contributed by atoms with Crippen LogP contribution in [0.3, 0.4) is 0 Å². The predicted octanol–water partition coefficient (Wildman–Crippen LogP) is 2.02. The summed E-state index contributed by atoms with van der Waals surface area (Å²) in [6.07, 6.45) is 2.48. The number of anilines is 2. The van der Waals surface area contributed by atoms with Crippen molar-refractivity contribution in [2.75, 3.05) is 30.1 Å². The van der Waals surface area contributed by atoms with Crippen molar-refractivity contribution in [3.8, 4) is 11.5 Å². The van der Waals surface area contributed by atoms with Gasteiger partial charge in [-0.2, -0.15) is 0 Å². The first-order valence-electron chi connectivity index (χ1n) is 10.5. The Kier molecular flexibility index (Phi) is 5.26. The molecule has 1 fully saturated rings. The van der Waals surface area contributed by atoms with Crippen LogP contribution in [0.5, 0.6) is 11.5 Å². The molecule has 0 spiro atoms.